The molecule has 1 aromatic rings. The third-order valence-electron chi connectivity index (χ3n) is 2.45. The number of hydrogen-bond donors (Lipinski definition) is 0. The quantitative estimate of drug-likeness (QED) is 0.775. The number of benzene rings is 1. The fourth-order valence-corrected chi connectivity index (χ4v) is 1.56. The minimum atomic E-state index is -4.27. The van der Waals surface area contributed by atoms with E-state index in [1.807, 2.05) is 11.1 Å². The van der Waals surface area contributed by atoms with Crippen molar-refractivity contribution in [1.82, 2.24) is 4.90 Å². The Morgan fingerprint density at radius 2 is 1.88 bits per heavy atom. The molecule has 90 valence electrons. The number of rotatable bonds is 2. The molecule has 0 aromatic heterocycles. The average Bonchev–Trinajstić information content (AvgIpc) is 2.30. The van der Waals surface area contributed by atoms with Crippen molar-refractivity contribution in [2.75, 3.05) is 6.54 Å². The number of nitrogens with zero attached hydrogens (tertiary/aromatic N) is 2. The van der Waals surface area contributed by atoms with Gasteiger partial charge in [-0.05, 0) is 17.7 Å². The van der Waals surface area contributed by atoms with Crippen LogP contribution in [0, 0.1) is 0 Å². The molecule has 1 aliphatic heterocycles. The van der Waals surface area contributed by atoms with Crippen LogP contribution in [0.2, 0.25) is 0 Å². The monoisotopic (exact) mass is 240 g/mol. The van der Waals surface area contributed by atoms with E-state index in [1.54, 1.807) is 12.4 Å². The molecule has 0 radical (unpaired) electrons. The standard InChI is InChI=1S/C12H11F3N2/c13-12(14,15)11-3-1-10(2-4-11)9-17-7-5-16-6-8-17/h1-7H,8-9H2. The Bertz CT molecular complexity index is 432. The van der Waals surface area contributed by atoms with Gasteiger partial charge in [0.15, 0.2) is 0 Å². The molecule has 1 heterocycles. The van der Waals surface area contributed by atoms with Crippen LogP contribution in [0.3, 0.4) is 0 Å². The van der Waals surface area contributed by atoms with Crippen molar-refractivity contribution in [2.45, 2.75) is 12.7 Å². The van der Waals surface area contributed by atoms with E-state index < -0.39 is 11.7 Å². The van der Waals surface area contributed by atoms with Gasteiger partial charge < -0.3 is 4.90 Å². The van der Waals surface area contributed by atoms with Crippen molar-refractivity contribution in [2.24, 2.45) is 4.99 Å². The van der Waals surface area contributed by atoms with E-state index in [0.29, 0.717) is 13.1 Å². The van der Waals surface area contributed by atoms with Crippen molar-refractivity contribution in [3.8, 4) is 0 Å². The molecule has 0 bridgehead atoms. The predicted molar refractivity (Wildman–Crippen MR) is 59.5 cm³/mol. The zero-order valence-corrected chi connectivity index (χ0v) is 8.98. The highest BCUT2D eigenvalue weighted by atomic mass is 19.4. The first-order valence-electron chi connectivity index (χ1n) is 5.14. The molecule has 0 spiro atoms. The van der Waals surface area contributed by atoms with E-state index in [4.69, 9.17) is 0 Å². The predicted octanol–water partition coefficient (Wildman–Crippen LogP) is 3.06. The first kappa shape index (κ1) is 11.7. The molecule has 0 fully saturated rings. The van der Waals surface area contributed by atoms with E-state index in [9.17, 15) is 13.2 Å². The lowest BCUT2D eigenvalue weighted by Crippen LogP contribution is -2.20. The summed E-state index contributed by atoms with van der Waals surface area (Å²) in [5.74, 6) is 0. The van der Waals surface area contributed by atoms with Gasteiger partial charge in [0.05, 0.1) is 12.1 Å². The molecule has 5 heteroatoms. The highest BCUT2D eigenvalue weighted by Crippen LogP contribution is 2.29. The van der Waals surface area contributed by atoms with E-state index in [0.717, 1.165) is 17.7 Å². The summed E-state index contributed by atoms with van der Waals surface area (Å²) in [6.07, 6.45) is 0.964. The van der Waals surface area contributed by atoms with Crippen LogP contribution in [0.15, 0.2) is 41.7 Å². The molecule has 2 rings (SSSR count). The summed E-state index contributed by atoms with van der Waals surface area (Å²) in [7, 11) is 0. The summed E-state index contributed by atoms with van der Waals surface area (Å²) in [4.78, 5) is 5.89. The van der Waals surface area contributed by atoms with Gasteiger partial charge in [-0.3, -0.25) is 4.99 Å². The third-order valence-corrected chi connectivity index (χ3v) is 2.45. The van der Waals surface area contributed by atoms with Gasteiger partial charge in [0.1, 0.15) is 0 Å². The maximum Gasteiger partial charge on any atom is 0.416 e. The zero-order chi connectivity index (χ0) is 12.3. The van der Waals surface area contributed by atoms with Gasteiger partial charge in [-0.25, -0.2) is 0 Å². The van der Waals surface area contributed by atoms with Crippen LogP contribution in [0.1, 0.15) is 11.1 Å². The Morgan fingerprint density at radius 3 is 2.41 bits per heavy atom. The summed E-state index contributed by atoms with van der Waals surface area (Å²) in [5, 5.41) is 0. The lowest BCUT2D eigenvalue weighted by molar-refractivity contribution is -0.137. The topological polar surface area (TPSA) is 15.6 Å². The van der Waals surface area contributed by atoms with Gasteiger partial charge in [0, 0.05) is 25.2 Å². The van der Waals surface area contributed by atoms with Crippen molar-refractivity contribution in [3.05, 3.63) is 47.8 Å². The fourth-order valence-electron chi connectivity index (χ4n) is 1.56. The molecule has 0 aliphatic carbocycles. The van der Waals surface area contributed by atoms with Gasteiger partial charge >= 0.3 is 6.18 Å². The molecule has 17 heavy (non-hydrogen) atoms. The summed E-state index contributed by atoms with van der Waals surface area (Å²) in [6.45, 7) is 1.26. The van der Waals surface area contributed by atoms with E-state index in [2.05, 4.69) is 4.99 Å². The van der Waals surface area contributed by atoms with Gasteiger partial charge in [-0.1, -0.05) is 12.1 Å². The van der Waals surface area contributed by atoms with Gasteiger partial charge in [0.2, 0.25) is 0 Å². The SMILES string of the molecule is FC(F)(F)c1ccc(CN2C=CN=CC2)cc1. The molecule has 0 atom stereocenters. The molecule has 1 aliphatic rings. The Balaban J connectivity index is 2.03. The normalized spacial score (nSPS) is 15.4. The molecular weight excluding hydrogens is 229 g/mol. The van der Waals surface area contributed by atoms with Crippen molar-refractivity contribution < 1.29 is 13.2 Å². The van der Waals surface area contributed by atoms with E-state index in [-0.39, 0.29) is 0 Å². The maximum atomic E-state index is 12.3. The fraction of sp³-hybridized carbons (Fsp3) is 0.250. The van der Waals surface area contributed by atoms with E-state index in [1.165, 1.54) is 12.1 Å². The summed E-state index contributed by atoms with van der Waals surface area (Å²) >= 11 is 0. The van der Waals surface area contributed by atoms with Crippen LogP contribution >= 0.6 is 0 Å². The Morgan fingerprint density at radius 1 is 1.18 bits per heavy atom. The van der Waals surface area contributed by atoms with Crippen molar-refractivity contribution >= 4 is 6.21 Å². The first-order chi connectivity index (χ1) is 8.05. The number of alkyl halides is 3. The minimum Gasteiger partial charge on any atom is -0.367 e. The second kappa shape index (κ2) is 4.61. The van der Waals surface area contributed by atoms with Crippen LogP contribution in [0.5, 0.6) is 0 Å². The summed E-state index contributed by atoms with van der Waals surface area (Å²) in [5.41, 5.74) is 0.231. The Hall–Kier alpha value is -1.78. The lowest BCUT2D eigenvalue weighted by atomic mass is 10.1. The van der Waals surface area contributed by atoms with Crippen LogP contribution in [0.4, 0.5) is 13.2 Å². The van der Waals surface area contributed by atoms with E-state index >= 15 is 0 Å². The Labute approximate surface area is 97.1 Å². The molecule has 0 saturated carbocycles. The van der Waals surface area contributed by atoms with Crippen LogP contribution in [-0.2, 0) is 12.7 Å². The highest BCUT2D eigenvalue weighted by molar-refractivity contribution is 5.61. The third kappa shape index (κ3) is 3.09. The zero-order valence-electron chi connectivity index (χ0n) is 8.98. The highest BCUT2D eigenvalue weighted by Gasteiger charge is 2.29. The maximum absolute atomic E-state index is 12.3. The first-order valence-corrected chi connectivity index (χ1v) is 5.14. The average molecular weight is 240 g/mol. The molecule has 0 amide bonds. The smallest absolute Gasteiger partial charge is 0.367 e. The molecule has 0 saturated heterocycles. The number of hydrogen-bond acceptors (Lipinski definition) is 2. The summed E-state index contributed by atoms with van der Waals surface area (Å²) in [6, 6.07) is 5.22. The molecular formula is C12H11F3N2. The minimum absolute atomic E-state index is 0.584. The van der Waals surface area contributed by atoms with Gasteiger partial charge in [-0.15, -0.1) is 0 Å². The molecule has 0 N–H and O–H groups in total. The molecule has 2 nitrogen and oxygen atoms in total. The molecule has 0 unspecified atom stereocenters. The number of halogens is 3. The largest absolute Gasteiger partial charge is 0.416 e. The van der Waals surface area contributed by atoms with Gasteiger partial charge in [-0.2, -0.15) is 13.2 Å². The van der Waals surface area contributed by atoms with Gasteiger partial charge in [0.25, 0.3) is 0 Å². The van der Waals surface area contributed by atoms with Crippen molar-refractivity contribution in [3.63, 3.8) is 0 Å². The van der Waals surface area contributed by atoms with Crippen molar-refractivity contribution in [1.29, 1.82) is 0 Å². The lowest BCUT2D eigenvalue weighted by Gasteiger charge is -2.20. The number of aliphatic imine (C=N–C) groups is 1. The molecule has 1 aromatic carbocycles. The van der Waals surface area contributed by atoms with Crippen LogP contribution in [0.25, 0.3) is 0 Å². The second-order valence-electron chi connectivity index (χ2n) is 3.75. The van der Waals surface area contributed by atoms with Crippen LogP contribution < -0.4 is 0 Å². The second-order valence-corrected chi connectivity index (χ2v) is 3.75. The van der Waals surface area contributed by atoms with Crippen LogP contribution in [-0.4, -0.2) is 17.7 Å². The Kier molecular flexibility index (Phi) is 3.17. The summed E-state index contributed by atoms with van der Waals surface area (Å²) < 4.78 is 37.0.